The topological polar surface area (TPSA) is 40.6 Å². The van der Waals surface area contributed by atoms with E-state index in [1.54, 1.807) is 0 Å². The molecular weight excluding hydrogens is 1050 g/mol. The van der Waals surface area contributed by atoms with Gasteiger partial charge in [-0.3, -0.25) is 9.59 Å². The van der Waals surface area contributed by atoms with Crippen molar-refractivity contribution in [2.45, 2.75) is 70.6 Å². The number of aldehydes is 2. The van der Waals surface area contributed by atoms with Gasteiger partial charge in [0.15, 0.2) is 0 Å². The number of benzene rings is 10. The van der Waals surface area contributed by atoms with Crippen molar-refractivity contribution in [1.29, 1.82) is 0 Å². The third kappa shape index (κ3) is 11.0. The summed E-state index contributed by atoms with van der Waals surface area (Å²) in [7, 11) is 0. The maximum Gasteiger partial charge on any atom is 0.150 e. The fraction of sp³-hybridized carbons (Fsp3) is 0.143. The van der Waals surface area contributed by atoms with Gasteiger partial charge in [0.05, 0.1) is 0 Å². The number of fused-ring (bicyclic) bond motifs is 5. The molecule has 0 saturated heterocycles. The molecular formula is C77H64N2O2S2. The minimum atomic E-state index is -0.270. The van der Waals surface area contributed by atoms with Crippen LogP contribution in [0.15, 0.2) is 243 Å². The van der Waals surface area contributed by atoms with Gasteiger partial charge in [-0.25, -0.2) is 0 Å². The Labute approximate surface area is 495 Å². The van der Waals surface area contributed by atoms with Gasteiger partial charge in [-0.1, -0.05) is 134 Å². The zero-order valence-electron chi connectivity index (χ0n) is 46.9. The summed E-state index contributed by atoms with van der Waals surface area (Å²) in [5.74, 6) is 0. The summed E-state index contributed by atoms with van der Waals surface area (Å²) in [6.07, 6.45) is 9.77. The summed E-state index contributed by atoms with van der Waals surface area (Å²) < 4.78 is 2.52. The van der Waals surface area contributed by atoms with E-state index in [2.05, 4.69) is 230 Å². The number of anilines is 6. The Morgan fingerprint density at radius 3 is 1.23 bits per heavy atom. The van der Waals surface area contributed by atoms with Gasteiger partial charge in [-0.15, -0.1) is 22.7 Å². The second kappa shape index (κ2) is 23.5. The molecule has 83 heavy (non-hydrogen) atoms. The van der Waals surface area contributed by atoms with Gasteiger partial charge in [0.2, 0.25) is 0 Å². The number of carbonyl (C=O) groups is 2. The smallest absolute Gasteiger partial charge is 0.150 e. The van der Waals surface area contributed by atoms with Crippen molar-refractivity contribution in [3.63, 3.8) is 0 Å². The highest BCUT2D eigenvalue weighted by atomic mass is 32.1. The van der Waals surface area contributed by atoms with Crippen molar-refractivity contribution in [3.8, 4) is 32.0 Å². The van der Waals surface area contributed by atoms with Gasteiger partial charge in [-0.2, -0.15) is 0 Å². The Hall–Kier alpha value is -8.94. The predicted molar refractivity (Wildman–Crippen MR) is 352 cm³/mol. The highest BCUT2D eigenvalue weighted by molar-refractivity contribution is 7.22. The lowest BCUT2D eigenvalue weighted by molar-refractivity contribution is 0.111. The summed E-state index contributed by atoms with van der Waals surface area (Å²) in [5, 5.41) is 2.46. The molecule has 0 fully saturated rings. The lowest BCUT2D eigenvalue weighted by Gasteiger charge is -2.33. The highest BCUT2D eigenvalue weighted by Gasteiger charge is 2.43. The Balaban J connectivity index is 0.901. The molecule has 2 heterocycles. The van der Waals surface area contributed by atoms with E-state index in [0.717, 1.165) is 109 Å². The molecule has 1 aliphatic carbocycles. The SMILES string of the molecule is Cc1cccc(N(c2ccccc2)c2ccc3sc(-c4ccc5c(c4)C(CCCCc4cccc(C=O)c4)(CCCCc4cccc(C=O)c4)c4cc(-c6cc7cc(N(c8ccccc8)c8cccc(C)c8)ccc7s6)ccc4-5)cc3c2)c1. The van der Waals surface area contributed by atoms with E-state index in [4.69, 9.17) is 0 Å². The Morgan fingerprint density at radius 2 is 0.795 bits per heavy atom. The van der Waals surface area contributed by atoms with Gasteiger partial charge < -0.3 is 9.80 Å². The third-order valence-electron chi connectivity index (χ3n) is 16.8. The standard InChI is InChI=1S/C77H64N2O2S2/c1-53-17-13-29-65(41-53)78(63-25-5-3-6-26-63)67-33-37-73-61(45-67)49-75(82-73)59-31-35-69-70-36-32-60(76-50-62-46-68(34-38-74(62)83-76)79(64-27-7-4-8-28-64)66-30-14-18-54(2)42-66)48-72(70)77(71(69)47-59,39-11-9-19-55-21-15-23-57(43-55)51-80)40-12-10-20-56-22-16-24-58(44-56)52-81/h3-8,13-18,21-38,41-52H,9-12,19-20,39-40H2,1-2H3. The third-order valence-corrected chi connectivity index (χ3v) is 19.1. The van der Waals surface area contributed by atoms with E-state index >= 15 is 0 Å². The fourth-order valence-corrected chi connectivity index (χ4v) is 14.9. The monoisotopic (exact) mass is 1110 g/mol. The van der Waals surface area contributed by atoms with E-state index in [-0.39, 0.29) is 5.41 Å². The van der Waals surface area contributed by atoms with Crippen LogP contribution in [0.1, 0.15) is 92.6 Å². The molecule has 1 aliphatic rings. The first-order chi connectivity index (χ1) is 40.8. The molecule has 0 aliphatic heterocycles. The summed E-state index contributed by atoms with van der Waals surface area (Å²) in [4.78, 5) is 30.9. The summed E-state index contributed by atoms with van der Waals surface area (Å²) in [6, 6.07) is 88.4. The lowest BCUT2D eigenvalue weighted by Crippen LogP contribution is -2.26. The van der Waals surface area contributed by atoms with Crippen LogP contribution in [-0.2, 0) is 18.3 Å². The number of hydrogen-bond donors (Lipinski definition) is 0. The lowest BCUT2D eigenvalue weighted by atomic mass is 9.70. The quantitative estimate of drug-likeness (QED) is 0.0563. The molecule has 12 aromatic rings. The molecule has 0 spiro atoms. The minimum absolute atomic E-state index is 0.270. The van der Waals surface area contributed by atoms with Crippen LogP contribution in [0.2, 0.25) is 0 Å². The first-order valence-electron chi connectivity index (χ1n) is 29.1. The van der Waals surface area contributed by atoms with Crippen LogP contribution in [0.4, 0.5) is 34.1 Å². The summed E-state index contributed by atoms with van der Waals surface area (Å²) in [5.41, 5.74) is 20.8. The molecule has 2 aromatic heterocycles. The van der Waals surface area contributed by atoms with Crippen LogP contribution in [0.25, 0.3) is 52.2 Å². The van der Waals surface area contributed by atoms with Crippen LogP contribution in [-0.4, -0.2) is 12.6 Å². The number of thiophene rings is 2. The largest absolute Gasteiger partial charge is 0.310 e. The van der Waals surface area contributed by atoms with Gasteiger partial charge in [0.1, 0.15) is 12.6 Å². The van der Waals surface area contributed by atoms with E-state index in [9.17, 15) is 9.59 Å². The van der Waals surface area contributed by atoms with Gasteiger partial charge >= 0.3 is 0 Å². The van der Waals surface area contributed by atoms with Crippen molar-refractivity contribution < 1.29 is 9.59 Å². The van der Waals surface area contributed by atoms with E-state index in [1.807, 2.05) is 59.1 Å². The Morgan fingerprint density at radius 1 is 0.373 bits per heavy atom. The number of rotatable bonds is 20. The maximum absolute atomic E-state index is 11.8. The van der Waals surface area contributed by atoms with Crippen molar-refractivity contribution in [1.82, 2.24) is 0 Å². The Kier molecular flexibility index (Phi) is 15.1. The van der Waals surface area contributed by atoms with Crippen molar-refractivity contribution >= 4 is 89.5 Å². The number of unbranched alkanes of at least 4 members (excludes halogenated alkanes) is 2. The molecule has 0 saturated carbocycles. The van der Waals surface area contributed by atoms with Crippen LogP contribution in [0.3, 0.4) is 0 Å². The number of nitrogens with zero attached hydrogens (tertiary/aromatic N) is 2. The molecule has 6 heteroatoms. The fourth-order valence-electron chi connectivity index (χ4n) is 12.8. The molecule has 4 nitrogen and oxygen atoms in total. The van der Waals surface area contributed by atoms with Crippen molar-refractivity contribution in [2.75, 3.05) is 9.80 Å². The molecule has 13 rings (SSSR count). The highest BCUT2D eigenvalue weighted by Crippen LogP contribution is 2.57. The first kappa shape index (κ1) is 53.4. The number of aryl methyl sites for hydroxylation is 4. The normalized spacial score (nSPS) is 12.3. The second-order valence-corrected chi connectivity index (χ2v) is 24.6. The van der Waals surface area contributed by atoms with E-state index in [1.165, 1.54) is 85.6 Å². The zero-order valence-corrected chi connectivity index (χ0v) is 48.6. The predicted octanol–water partition coefficient (Wildman–Crippen LogP) is 21.7. The first-order valence-corrected chi connectivity index (χ1v) is 30.7. The van der Waals surface area contributed by atoms with Crippen LogP contribution < -0.4 is 9.80 Å². The molecule has 0 atom stereocenters. The second-order valence-electron chi connectivity index (χ2n) is 22.4. The molecule has 0 radical (unpaired) electrons. The molecule has 10 aromatic carbocycles. The zero-order chi connectivity index (χ0) is 56.3. The molecule has 0 unspecified atom stereocenters. The van der Waals surface area contributed by atoms with Crippen LogP contribution in [0.5, 0.6) is 0 Å². The summed E-state index contributed by atoms with van der Waals surface area (Å²) in [6.45, 7) is 4.31. The molecule has 406 valence electrons. The number of para-hydroxylation sites is 2. The minimum Gasteiger partial charge on any atom is -0.310 e. The van der Waals surface area contributed by atoms with Crippen LogP contribution >= 0.6 is 22.7 Å². The number of carbonyl (C=O) groups excluding carboxylic acids is 2. The van der Waals surface area contributed by atoms with Crippen molar-refractivity contribution in [3.05, 3.63) is 287 Å². The molecule has 0 N–H and O–H groups in total. The average molecular weight is 1110 g/mol. The maximum atomic E-state index is 11.8. The van der Waals surface area contributed by atoms with E-state index < -0.39 is 0 Å². The van der Waals surface area contributed by atoms with Crippen molar-refractivity contribution in [2.24, 2.45) is 0 Å². The molecule has 0 amide bonds. The van der Waals surface area contributed by atoms with Crippen LogP contribution in [0, 0.1) is 13.8 Å². The number of hydrogen-bond acceptors (Lipinski definition) is 6. The van der Waals surface area contributed by atoms with Gasteiger partial charge in [0, 0.05) is 69.8 Å². The van der Waals surface area contributed by atoms with Gasteiger partial charge in [0.25, 0.3) is 0 Å². The van der Waals surface area contributed by atoms with Gasteiger partial charge in [-0.05, 0) is 240 Å². The summed E-state index contributed by atoms with van der Waals surface area (Å²) >= 11 is 3.74. The van der Waals surface area contributed by atoms with E-state index in [0.29, 0.717) is 0 Å². The Bertz CT molecular complexity index is 4050. The molecule has 0 bridgehead atoms. The average Bonchev–Trinajstić information content (AvgIpc) is 2.69.